The number of nitrogens with zero attached hydrogens (tertiary/aromatic N) is 2. The summed E-state index contributed by atoms with van der Waals surface area (Å²) in [7, 11) is 1.77. The van der Waals surface area contributed by atoms with Gasteiger partial charge in [-0.1, -0.05) is 41.9 Å². The van der Waals surface area contributed by atoms with Gasteiger partial charge in [0.15, 0.2) is 0 Å². The molecule has 168 valence electrons. The molecule has 3 aromatic rings. The number of nitrogens with one attached hydrogen (secondary N) is 2. The highest BCUT2D eigenvalue weighted by Gasteiger charge is 2.18. The third-order valence-electron chi connectivity index (χ3n) is 4.93. The zero-order chi connectivity index (χ0) is 23.1. The Kier molecular flexibility index (Phi) is 8.19. The van der Waals surface area contributed by atoms with Crippen molar-refractivity contribution in [3.05, 3.63) is 81.2 Å². The van der Waals surface area contributed by atoms with Crippen molar-refractivity contribution >= 4 is 40.9 Å². The average Bonchev–Trinajstić information content (AvgIpc) is 2.99. The van der Waals surface area contributed by atoms with Crippen LogP contribution in [0.4, 0.5) is 5.69 Å². The maximum Gasteiger partial charge on any atom is 0.295 e. The predicted molar refractivity (Wildman–Crippen MR) is 130 cm³/mol. The molecule has 1 heterocycles. The Balaban J connectivity index is 1.46. The van der Waals surface area contributed by atoms with Gasteiger partial charge in [-0.25, -0.2) is 4.68 Å². The third kappa shape index (κ3) is 6.05. The number of anilines is 1. The van der Waals surface area contributed by atoms with Crippen LogP contribution < -0.4 is 16.2 Å². The molecule has 2 N–H and O–H groups in total. The number of rotatable bonds is 9. The number of carbonyl (C=O) groups is 2. The fourth-order valence-corrected chi connectivity index (χ4v) is 3.95. The van der Waals surface area contributed by atoms with E-state index in [-0.39, 0.29) is 34.6 Å². The van der Waals surface area contributed by atoms with Gasteiger partial charge in [-0.05, 0) is 43.2 Å². The number of thioether (sulfide) groups is 1. The molecule has 0 aliphatic heterocycles. The standard InChI is InChI=1S/C23H25ClN4O3S/c1-16-22(23(31)28(27(16)2)19-6-4-3-5-7-19)26-21(30)15-32-14-20(29)25-13-12-17-8-10-18(24)11-9-17/h3-11H,12-15H2,1-2H3,(H,25,29)(H,26,30). The molecule has 0 aliphatic rings. The summed E-state index contributed by atoms with van der Waals surface area (Å²) in [6.45, 7) is 2.28. The first kappa shape index (κ1) is 23.7. The first-order valence-corrected chi connectivity index (χ1v) is 11.6. The van der Waals surface area contributed by atoms with Gasteiger partial charge in [0.2, 0.25) is 11.8 Å². The molecule has 2 aromatic carbocycles. The predicted octanol–water partition coefficient (Wildman–Crippen LogP) is 3.17. The van der Waals surface area contributed by atoms with Gasteiger partial charge in [0.1, 0.15) is 5.69 Å². The zero-order valence-corrected chi connectivity index (χ0v) is 19.5. The monoisotopic (exact) mass is 472 g/mol. The molecule has 1 aromatic heterocycles. The van der Waals surface area contributed by atoms with Crippen LogP contribution in [0.3, 0.4) is 0 Å². The second-order valence-corrected chi connectivity index (χ2v) is 8.63. The van der Waals surface area contributed by atoms with Crippen molar-refractivity contribution in [2.45, 2.75) is 13.3 Å². The van der Waals surface area contributed by atoms with Crippen molar-refractivity contribution in [1.29, 1.82) is 0 Å². The molecule has 0 saturated carbocycles. The molecule has 2 amide bonds. The molecule has 0 aliphatic carbocycles. The van der Waals surface area contributed by atoms with E-state index in [4.69, 9.17) is 11.6 Å². The van der Waals surface area contributed by atoms with Crippen molar-refractivity contribution < 1.29 is 9.59 Å². The lowest BCUT2D eigenvalue weighted by Crippen LogP contribution is -2.28. The van der Waals surface area contributed by atoms with Crippen LogP contribution in [0.15, 0.2) is 59.4 Å². The molecule has 0 fully saturated rings. The largest absolute Gasteiger partial charge is 0.355 e. The summed E-state index contributed by atoms with van der Waals surface area (Å²) in [5, 5.41) is 6.21. The number of para-hydroxylation sites is 1. The molecule has 32 heavy (non-hydrogen) atoms. The number of benzene rings is 2. The minimum absolute atomic E-state index is 0.0731. The van der Waals surface area contributed by atoms with Crippen LogP contribution in [-0.2, 0) is 23.1 Å². The van der Waals surface area contributed by atoms with Crippen LogP contribution in [0.25, 0.3) is 5.69 Å². The van der Waals surface area contributed by atoms with E-state index in [1.54, 1.807) is 18.7 Å². The third-order valence-corrected chi connectivity index (χ3v) is 6.12. The van der Waals surface area contributed by atoms with Crippen LogP contribution in [0.1, 0.15) is 11.3 Å². The fraction of sp³-hybridized carbons (Fsp3) is 0.261. The molecule has 7 nitrogen and oxygen atoms in total. The summed E-state index contributed by atoms with van der Waals surface area (Å²) >= 11 is 7.06. The molecule has 9 heteroatoms. The van der Waals surface area contributed by atoms with E-state index in [0.29, 0.717) is 29.4 Å². The SMILES string of the molecule is Cc1c(NC(=O)CSCC(=O)NCCc2ccc(Cl)cc2)c(=O)n(-c2ccccc2)n1C. The zero-order valence-electron chi connectivity index (χ0n) is 17.9. The van der Waals surface area contributed by atoms with Gasteiger partial charge in [0, 0.05) is 18.6 Å². The molecule has 0 unspecified atom stereocenters. The number of halogens is 1. The van der Waals surface area contributed by atoms with Gasteiger partial charge in [-0.3, -0.25) is 19.1 Å². The van der Waals surface area contributed by atoms with Crippen LogP contribution in [0.5, 0.6) is 0 Å². The highest BCUT2D eigenvalue weighted by Crippen LogP contribution is 2.14. The van der Waals surface area contributed by atoms with Crippen molar-refractivity contribution in [3.8, 4) is 5.69 Å². The summed E-state index contributed by atoms with van der Waals surface area (Å²) in [4.78, 5) is 37.2. The Labute approximate surface area is 195 Å². The molecule has 0 bridgehead atoms. The van der Waals surface area contributed by atoms with Gasteiger partial charge in [-0.2, -0.15) is 0 Å². The van der Waals surface area contributed by atoms with Crippen molar-refractivity contribution in [1.82, 2.24) is 14.7 Å². The van der Waals surface area contributed by atoms with Gasteiger partial charge < -0.3 is 10.6 Å². The van der Waals surface area contributed by atoms with E-state index in [0.717, 1.165) is 5.56 Å². The fourth-order valence-electron chi connectivity index (χ4n) is 3.17. The van der Waals surface area contributed by atoms with Crippen molar-refractivity contribution in [2.24, 2.45) is 7.05 Å². The molecule has 3 rings (SSSR count). The Hall–Kier alpha value is -2.97. The molecule has 0 spiro atoms. The highest BCUT2D eigenvalue weighted by atomic mass is 35.5. The van der Waals surface area contributed by atoms with Crippen molar-refractivity contribution in [3.63, 3.8) is 0 Å². The average molecular weight is 473 g/mol. The molecular formula is C23H25ClN4O3S. The summed E-state index contributed by atoms with van der Waals surface area (Å²) in [5.74, 6) is -0.228. The van der Waals surface area contributed by atoms with Gasteiger partial charge in [0.05, 0.1) is 22.9 Å². The quantitative estimate of drug-likeness (QED) is 0.501. The first-order chi connectivity index (χ1) is 15.4. The topological polar surface area (TPSA) is 85.1 Å². The van der Waals surface area contributed by atoms with Crippen LogP contribution in [0.2, 0.25) is 5.02 Å². The molecule has 0 atom stereocenters. The van der Waals surface area contributed by atoms with Crippen molar-refractivity contribution in [2.75, 3.05) is 23.4 Å². The second-order valence-electron chi connectivity index (χ2n) is 7.20. The van der Waals surface area contributed by atoms with Gasteiger partial charge in [-0.15, -0.1) is 11.8 Å². The van der Waals surface area contributed by atoms with E-state index in [2.05, 4.69) is 10.6 Å². The maximum atomic E-state index is 12.8. The number of aromatic nitrogens is 2. The molecule has 0 radical (unpaired) electrons. The Morgan fingerprint density at radius 3 is 2.34 bits per heavy atom. The Morgan fingerprint density at radius 1 is 1.00 bits per heavy atom. The van der Waals surface area contributed by atoms with E-state index in [1.807, 2.05) is 54.6 Å². The summed E-state index contributed by atoms with van der Waals surface area (Å²) in [5.41, 5.74) is 2.40. The minimum atomic E-state index is -0.324. The summed E-state index contributed by atoms with van der Waals surface area (Å²) in [6, 6.07) is 16.7. The summed E-state index contributed by atoms with van der Waals surface area (Å²) < 4.78 is 3.21. The lowest BCUT2D eigenvalue weighted by Gasteiger charge is -2.07. The van der Waals surface area contributed by atoms with E-state index < -0.39 is 0 Å². The summed E-state index contributed by atoms with van der Waals surface area (Å²) in [6.07, 6.45) is 0.703. The number of carbonyl (C=O) groups excluding carboxylic acids is 2. The lowest BCUT2D eigenvalue weighted by atomic mass is 10.1. The number of hydrogen-bond donors (Lipinski definition) is 2. The van der Waals surface area contributed by atoms with E-state index >= 15 is 0 Å². The highest BCUT2D eigenvalue weighted by molar-refractivity contribution is 8.00. The Morgan fingerprint density at radius 2 is 1.66 bits per heavy atom. The molecular weight excluding hydrogens is 448 g/mol. The first-order valence-electron chi connectivity index (χ1n) is 10.1. The van der Waals surface area contributed by atoms with Gasteiger partial charge in [0.25, 0.3) is 5.56 Å². The second kappa shape index (κ2) is 11.1. The van der Waals surface area contributed by atoms with E-state index in [9.17, 15) is 14.4 Å². The van der Waals surface area contributed by atoms with Gasteiger partial charge >= 0.3 is 0 Å². The molecule has 0 saturated heterocycles. The van der Waals surface area contributed by atoms with Crippen LogP contribution in [-0.4, -0.2) is 39.2 Å². The number of amides is 2. The minimum Gasteiger partial charge on any atom is -0.355 e. The smallest absolute Gasteiger partial charge is 0.295 e. The van der Waals surface area contributed by atoms with E-state index in [1.165, 1.54) is 16.4 Å². The normalized spacial score (nSPS) is 10.7. The van der Waals surface area contributed by atoms with Crippen LogP contribution >= 0.6 is 23.4 Å². The lowest BCUT2D eigenvalue weighted by molar-refractivity contribution is -0.118. The number of hydrogen-bond acceptors (Lipinski definition) is 4. The van der Waals surface area contributed by atoms with Crippen LogP contribution in [0, 0.1) is 6.92 Å². The Bertz CT molecular complexity index is 1140. The maximum absolute atomic E-state index is 12.8.